The van der Waals surface area contributed by atoms with Crippen LogP contribution in [0.2, 0.25) is 5.02 Å². The van der Waals surface area contributed by atoms with Crippen LogP contribution in [0.3, 0.4) is 0 Å². The summed E-state index contributed by atoms with van der Waals surface area (Å²) in [6.45, 7) is 9.20. The molecule has 2 amide bonds. The number of nitrogens with zero attached hydrogens (tertiary/aromatic N) is 2. The normalized spacial score (nSPS) is 12.2. The van der Waals surface area contributed by atoms with Crippen LogP contribution in [0.15, 0.2) is 0 Å². The van der Waals surface area contributed by atoms with Crippen LogP contribution >= 0.6 is 34.3 Å². The monoisotopic (exact) mass is 554 g/mol. The summed E-state index contributed by atoms with van der Waals surface area (Å²) < 4.78 is 6.18. The van der Waals surface area contributed by atoms with Gasteiger partial charge >= 0.3 is 5.97 Å². The molecule has 0 bridgehead atoms. The second-order valence-corrected chi connectivity index (χ2v) is 10.8. The quantitative estimate of drug-likeness (QED) is 0.263. The largest absolute Gasteiger partial charge is 0.462 e. The molecule has 196 valence electrons. The van der Waals surface area contributed by atoms with Crippen LogP contribution in [0.5, 0.6) is 0 Å². The Morgan fingerprint density at radius 1 is 0.833 bits per heavy atom. The lowest BCUT2D eigenvalue weighted by atomic mass is 9.93. The Labute approximate surface area is 222 Å². The van der Waals surface area contributed by atoms with Crippen molar-refractivity contribution < 1.29 is 19.1 Å². The first-order valence-corrected chi connectivity index (χ1v) is 13.8. The van der Waals surface area contributed by atoms with E-state index in [2.05, 4.69) is 20.6 Å². The van der Waals surface area contributed by atoms with Gasteiger partial charge in [0.1, 0.15) is 11.0 Å². The van der Waals surface area contributed by atoms with Gasteiger partial charge in [0.05, 0.1) is 37.7 Å². The molecule has 0 radical (unpaired) electrons. The van der Waals surface area contributed by atoms with Gasteiger partial charge in [0.25, 0.3) is 0 Å². The molecule has 0 saturated carbocycles. The molecule has 2 heterocycles. The lowest BCUT2D eigenvalue weighted by Crippen LogP contribution is -2.50. The summed E-state index contributed by atoms with van der Waals surface area (Å²) in [5, 5.41) is 6.21. The van der Waals surface area contributed by atoms with Crippen molar-refractivity contribution in [3.05, 3.63) is 10.6 Å². The lowest BCUT2D eigenvalue weighted by Gasteiger charge is -2.24. The first-order valence-electron chi connectivity index (χ1n) is 11.8. The highest BCUT2D eigenvalue weighted by Gasteiger charge is 2.33. The number of nitrogens with two attached hydrogens (primary N) is 2. The highest BCUT2D eigenvalue weighted by atomic mass is 35.5. The van der Waals surface area contributed by atoms with E-state index >= 15 is 0 Å². The maximum absolute atomic E-state index is 13.0. The van der Waals surface area contributed by atoms with E-state index in [1.54, 1.807) is 6.92 Å². The van der Waals surface area contributed by atoms with Gasteiger partial charge in [0, 0.05) is 0 Å². The molecule has 1 aromatic carbocycles. The number of hydrogen-bond donors (Lipinski definition) is 4. The van der Waals surface area contributed by atoms with Gasteiger partial charge in [0.2, 0.25) is 11.8 Å². The van der Waals surface area contributed by atoms with E-state index < -0.39 is 17.0 Å². The topological polar surface area (TPSA) is 162 Å². The minimum Gasteiger partial charge on any atom is -0.462 e. The second-order valence-electron chi connectivity index (χ2n) is 8.44. The summed E-state index contributed by atoms with van der Waals surface area (Å²) in [5.74, 6) is -1.33. The Balaban J connectivity index is 2.14. The highest BCUT2D eigenvalue weighted by Crippen LogP contribution is 2.43. The van der Waals surface area contributed by atoms with Gasteiger partial charge in [-0.15, -0.1) is 0 Å². The van der Waals surface area contributed by atoms with Crippen molar-refractivity contribution in [3.63, 3.8) is 0 Å². The number of rotatable bonds is 10. The summed E-state index contributed by atoms with van der Waals surface area (Å²) in [5.41, 5.74) is 11.1. The molecular formula is C23H31ClN6O4S2. The van der Waals surface area contributed by atoms with Gasteiger partial charge in [-0.3, -0.25) is 9.59 Å². The first kappa shape index (κ1) is 28.2. The van der Waals surface area contributed by atoms with Crippen LogP contribution in [0.4, 0.5) is 10.3 Å². The molecule has 0 aliphatic heterocycles. The summed E-state index contributed by atoms with van der Waals surface area (Å²) in [7, 11) is 0. The zero-order chi connectivity index (χ0) is 26.8. The van der Waals surface area contributed by atoms with Crippen molar-refractivity contribution in [3.8, 4) is 0 Å². The number of halogens is 1. The molecule has 3 aromatic rings. The minimum atomic E-state index is -1.05. The predicted molar refractivity (Wildman–Crippen MR) is 146 cm³/mol. The molecule has 13 heteroatoms. The molecule has 0 aliphatic rings. The third-order valence-electron chi connectivity index (χ3n) is 6.47. The van der Waals surface area contributed by atoms with Crippen molar-refractivity contribution in [1.82, 2.24) is 9.97 Å². The fourth-order valence-corrected chi connectivity index (χ4v) is 6.03. The Bertz CT molecular complexity index is 1230. The number of thiazole rings is 2. The summed E-state index contributed by atoms with van der Waals surface area (Å²) >= 11 is 8.87. The third-order valence-corrected chi connectivity index (χ3v) is 8.81. The van der Waals surface area contributed by atoms with Crippen LogP contribution in [-0.2, 0) is 14.3 Å². The summed E-state index contributed by atoms with van der Waals surface area (Å²) in [4.78, 5) is 47.5. The fraction of sp³-hybridized carbons (Fsp3) is 0.522. The molecule has 10 nitrogen and oxygen atoms in total. The van der Waals surface area contributed by atoms with Crippen molar-refractivity contribution in [1.29, 1.82) is 0 Å². The molecule has 0 aliphatic carbocycles. The van der Waals surface area contributed by atoms with Crippen LogP contribution in [0.25, 0.3) is 20.4 Å². The van der Waals surface area contributed by atoms with Crippen molar-refractivity contribution in [2.45, 2.75) is 71.4 Å². The van der Waals surface area contributed by atoms with Gasteiger partial charge in [-0.25, -0.2) is 14.8 Å². The zero-order valence-corrected chi connectivity index (χ0v) is 23.3. The van der Waals surface area contributed by atoms with E-state index in [1.807, 2.05) is 27.7 Å². The molecule has 0 fully saturated rings. The Hall–Kier alpha value is -2.38. The number of esters is 1. The first-order chi connectivity index (χ1) is 17.0. The maximum Gasteiger partial charge on any atom is 0.341 e. The standard InChI is InChI=1S/C23H31ClN6O4S2/c1-6-22(25,7-2)18(32)29-20-27-13-12(24)14-16(11(15(13)35-20)17(31)34-10-5)36-21(28-14)30-19(33)23(26,8-3)9-4/h6-10,25-26H2,1-5H3,(H,27,29,32)(H,28,30,33). The molecule has 6 N–H and O–H groups in total. The smallest absolute Gasteiger partial charge is 0.341 e. The number of carbonyl (C=O) groups is 3. The Morgan fingerprint density at radius 3 is 1.56 bits per heavy atom. The SMILES string of the molecule is CCOC(=O)c1c2sc(NC(=O)C(N)(CC)CC)nc2c(Cl)c2nc(NC(=O)C(N)(CC)CC)sc12. The van der Waals surface area contributed by atoms with Gasteiger partial charge in [-0.1, -0.05) is 62.0 Å². The molecule has 0 atom stereocenters. The van der Waals surface area contributed by atoms with Gasteiger partial charge in [0.15, 0.2) is 10.3 Å². The Morgan fingerprint density at radius 2 is 1.22 bits per heavy atom. The average Bonchev–Trinajstić information content (AvgIpc) is 3.47. The van der Waals surface area contributed by atoms with Crippen LogP contribution in [-0.4, -0.2) is 45.4 Å². The number of ether oxygens (including phenoxy) is 1. The van der Waals surface area contributed by atoms with E-state index in [0.717, 1.165) is 22.7 Å². The summed E-state index contributed by atoms with van der Waals surface area (Å²) in [6.07, 6.45) is 1.79. The van der Waals surface area contributed by atoms with Crippen LogP contribution in [0, 0.1) is 0 Å². The minimum absolute atomic E-state index is 0.153. The van der Waals surface area contributed by atoms with Gasteiger partial charge < -0.3 is 26.8 Å². The molecule has 2 aromatic heterocycles. The van der Waals surface area contributed by atoms with Gasteiger partial charge in [-0.05, 0) is 32.6 Å². The molecular weight excluding hydrogens is 524 g/mol. The number of amides is 2. The van der Waals surface area contributed by atoms with E-state index in [4.69, 9.17) is 27.8 Å². The van der Waals surface area contributed by atoms with Crippen molar-refractivity contribution >= 4 is 82.8 Å². The van der Waals surface area contributed by atoms with E-state index in [1.165, 1.54) is 0 Å². The molecule has 0 saturated heterocycles. The molecule has 3 rings (SSSR count). The van der Waals surface area contributed by atoms with E-state index in [9.17, 15) is 14.4 Å². The Kier molecular flexibility index (Phi) is 8.56. The average molecular weight is 555 g/mol. The van der Waals surface area contributed by atoms with Crippen LogP contribution in [0.1, 0.15) is 70.7 Å². The van der Waals surface area contributed by atoms with Gasteiger partial charge in [-0.2, -0.15) is 0 Å². The van der Waals surface area contributed by atoms with Crippen LogP contribution < -0.4 is 22.1 Å². The molecule has 0 unspecified atom stereocenters. The highest BCUT2D eigenvalue weighted by molar-refractivity contribution is 7.25. The third kappa shape index (κ3) is 5.05. The number of carbonyl (C=O) groups excluding carboxylic acids is 3. The molecule has 36 heavy (non-hydrogen) atoms. The van der Waals surface area contributed by atoms with Crippen molar-refractivity contribution in [2.24, 2.45) is 11.5 Å². The van der Waals surface area contributed by atoms with E-state index in [0.29, 0.717) is 46.1 Å². The predicted octanol–water partition coefficient (Wildman–Crippen LogP) is 4.65. The fourth-order valence-electron chi connectivity index (χ4n) is 3.57. The summed E-state index contributed by atoms with van der Waals surface area (Å²) in [6, 6.07) is 0. The van der Waals surface area contributed by atoms with E-state index in [-0.39, 0.29) is 39.3 Å². The zero-order valence-electron chi connectivity index (χ0n) is 20.9. The van der Waals surface area contributed by atoms with Crippen molar-refractivity contribution in [2.75, 3.05) is 17.2 Å². The number of fused-ring (bicyclic) bond motifs is 2. The second kappa shape index (κ2) is 10.9. The number of anilines is 2. The maximum atomic E-state index is 13.0. The number of benzene rings is 1. The number of aromatic nitrogens is 2. The molecule has 0 spiro atoms. The number of nitrogens with one attached hydrogen (secondary N) is 2. The lowest BCUT2D eigenvalue weighted by molar-refractivity contribution is -0.122. The number of hydrogen-bond acceptors (Lipinski definition) is 10.